The fourth-order valence-electron chi connectivity index (χ4n) is 3.25. The molecule has 5 aromatic rings. The van der Waals surface area contributed by atoms with Crippen LogP contribution in [0.3, 0.4) is 0 Å². The molecule has 5 rings (SSSR count). The number of fused-ring (bicyclic) bond motifs is 3. The minimum absolute atomic E-state index is 0.0678. The number of aromatic nitrogens is 3. The van der Waals surface area contributed by atoms with Crippen LogP contribution in [0.1, 0.15) is 4.88 Å². The first-order chi connectivity index (χ1) is 16.0. The number of anilines is 1. The molecule has 1 aromatic carbocycles. The van der Waals surface area contributed by atoms with Crippen molar-refractivity contribution in [2.45, 2.75) is 11.7 Å². The summed E-state index contributed by atoms with van der Waals surface area (Å²) >= 11 is 3.92. The molecule has 4 aromatic heterocycles. The van der Waals surface area contributed by atoms with Gasteiger partial charge in [0.05, 0.1) is 17.8 Å². The van der Waals surface area contributed by atoms with Gasteiger partial charge < -0.3 is 5.32 Å². The first-order valence-corrected chi connectivity index (χ1v) is 12.4. The second kappa shape index (κ2) is 9.00. The molecule has 4 heterocycles. The van der Waals surface area contributed by atoms with Gasteiger partial charge in [0.25, 0.3) is 5.56 Å². The number of hydrogen-bond acceptors (Lipinski definition) is 7. The number of amides is 1. The molecule has 0 aliphatic rings. The normalized spacial score (nSPS) is 11.3. The number of rotatable bonds is 6. The van der Waals surface area contributed by atoms with Crippen molar-refractivity contribution in [3.05, 3.63) is 80.9 Å². The maximum absolute atomic E-state index is 13.4. The van der Waals surface area contributed by atoms with E-state index in [1.165, 1.54) is 28.7 Å². The van der Waals surface area contributed by atoms with Crippen LogP contribution in [0.25, 0.3) is 20.4 Å². The average Bonchev–Trinajstić information content (AvgIpc) is 3.45. The highest BCUT2D eigenvalue weighted by molar-refractivity contribution is 7.99. The summed E-state index contributed by atoms with van der Waals surface area (Å²) in [5.41, 5.74) is 0.507. The van der Waals surface area contributed by atoms with E-state index < -0.39 is 17.5 Å². The predicted molar refractivity (Wildman–Crippen MR) is 128 cm³/mol. The van der Waals surface area contributed by atoms with Gasteiger partial charge in [-0.1, -0.05) is 17.8 Å². The summed E-state index contributed by atoms with van der Waals surface area (Å²) in [7, 11) is 0. The number of pyridine rings is 1. The fraction of sp³-hybridized carbons (Fsp3) is 0.0909. The summed E-state index contributed by atoms with van der Waals surface area (Å²) in [6.07, 6.45) is 1.67. The Morgan fingerprint density at radius 2 is 2.03 bits per heavy atom. The standard InChI is InChI=1S/C22H14F2N4O2S3/c23-15-6-5-12(9-16(15)24)26-17(29)11-32-22-27-18-14-4-1-7-25-20(14)33-19(18)21(30)28(22)10-13-3-2-8-31-13/h1-9H,10-11H2,(H,26,29). The Kier molecular flexibility index (Phi) is 5.92. The van der Waals surface area contributed by atoms with E-state index in [1.807, 2.05) is 23.6 Å². The SMILES string of the molecule is O=C(CSc1nc2c(sc3ncccc32)c(=O)n1Cc1cccs1)Nc1ccc(F)c(F)c1. The molecule has 33 heavy (non-hydrogen) atoms. The number of halogens is 2. The third-order valence-corrected chi connectivity index (χ3v) is 7.68. The van der Waals surface area contributed by atoms with E-state index in [-0.39, 0.29) is 17.0 Å². The summed E-state index contributed by atoms with van der Waals surface area (Å²) < 4.78 is 28.6. The van der Waals surface area contributed by atoms with E-state index in [4.69, 9.17) is 4.98 Å². The zero-order valence-electron chi connectivity index (χ0n) is 16.7. The summed E-state index contributed by atoms with van der Waals surface area (Å²) in [6, 6.07) is 10.6. The number of hydrogen-bond donors (Lipinski definition) is 1. The number of benzene rings is 1. The average molecular weight is 501 g/mol. The highest BCUT2D eigenvalue weighted by Gasteiger charge is 2.18. The quantitative estimate of drug-likeness (QED) is 0.259. The molecular formula is C22H14F2N4O2S3. The van der Waals surface area contributed by atoms with Gasteiger partial charge in [0.2, 0.25) is 5.91 Å². The summed E-state index contributed by atoms with van der Waals surface area (Å²) in [6.45, 7) is 0.328. The molecule has 166 valence electrons. The largest absolute Gasteiger partial charge is 0.325 e. The third kappa shape index (κ3) is 4.39. The molecule has 0 radical (unpaired) electrons. The van der Waals surface area contributed by atoms with E-state index in [1.54, 1.807) is 16.8 Å². The van der Waals surface area contributed by atoms with Crippen LogP contribution in [0, 0.1) is 11.6 Å². The molecule has 0 spiro atoms. The van der Waals surface area contributed by atoms with Crippen molar-refractivity contribution < 1.29 is 13.6 Å². The van der Waals surface area contributed by atoms with Crippen molar-refractivity contribution >= 4 is 66.5 Å². The molecule has 0 bridgehead atoms. The van der Waals surface area contributed by atoms with Crippen LogP contribution >= 0.6 is 34.4 Å². The lowest BCUT2D eigenvalue weighted by molar-refractivity contribution is -0.113. The van der Waals surface area contributed by atoms with Crippen LogP contribution in [-0.2, 0) is 11.3 Å². The molecular weight excluding hydrogens is 486 g/mol. The molecule has 0 aliphatic heterocycles. The lowest BCUT2D eigenvalue weighted by atomic mass is 10.3. The molecule has 0 fully saturated rings. The van der Waals surface area contributed by atoms with Crippen molar-refractivity contribution in [3.8, 4) is 0 Å². The van der Waals surface area contributed by atoms with Crippen molar-refractivity contribution in [2.24, 2.45) is 0 Å². The van der Waals surface area contributed by atoms with E-state index in [9.17, 15) is 18.4 Å². The van der Waals surface area contributed by atoms with Gasteiger partial charge in [0.1, 0.15) is 9.53 Å². The summed E-state index contributed by atoms with van der Waals surface area (Å²) in [4.78, 5) is 36.6. The Morgan fingerprint density at radius 1 is 1.15 bits per heavy atom. The van der Waals surface area contributed by atoms with Gasteiger partial charge in [0, 0.05) is 28.2 Å². The van der Waals surface area contributed by atoms with Crippen molar-refractivity contribution in [1.29, 1.82) is 0 Å². The lowest BCUT2D eigenvalue weighted by Crippen LogP contribution is -2.24. The van der Waals surface area contributed by atoms with Gasteiger partial charge in [0.15, 0.2) is 16.8 Å². The molecule has 1 N–H and O–H groups in total. The highest BCUT2D eigenvalue weighted by Crippen LogP contribution is 2.31. The number of nitrogens with one attached hydrogen (secondary N) is 1. The first kappa shape index (κ1) is 21.7. The Balaban J connectivity index is 1.48. The second-order valence-electron chi connectivity index (χ2n) is 6.97. The van der Waals surface area contributed by atoms with Crippen LogP contribution in [0.4, 0.5) is 14.5 Å². The maximum atomic E-state index is 13.4. The molecule has 1 amide bonds. The smallest absolute Gasteiger partial charge is 0.272 e. The van der Waals surface area contributed by atoms with E-state index in [2.05, 4.69) is 10.3 Å². The lowest BCUT2D eigenvalue weighted by Gasteiger charge is -2.11. The monoisotopic (exact) mass is 500 g/mol. The van der Waals surface area contributed by atoms with E-state index in [0.29, 0.717) is 21.9 Å². The van der Waals surface area contributed by atoms with Crippen LogP contribution in [0.2, 0.25) is 0 Å². The molecule has 0 saturated heterocycles. The Bertz CT molecular complexity index is 1550. The van der Waals surface area contributed by atoms with Crippen LogP contribution < -0.4 is 10.9 Å². The van der Waals surface area contributed by atoms with Crippen LogP contribution in [0.5, 0.6) is 0 Å². The van der Waals surface area contributed by atoms with Gasteiger partial charge >= 0.3 is 0 Å². The second-order valence-corrected chi connectivity index (χ2v) is 9.94. The molecule has 0 unspecified atom stereocenters. The predicted octanol–water partition coefficient (Wildman–Crippen LogP) is 5.13. The zero-order valence-corrected chi connectivity index (χ0v) is 19.2. The number of thioether (sulfide) groups is 1. The molecule has 0 atom stereocenters. The molecule has 0 aliphatic carbocycles. The van der Waals surface area contributed by atoms with Gasteiger partial charge in [-0.25, -0.2) is 18.7 Å². The van der Waals surface area contributed by atoms with Gasteiger partial charge in [-0.3, -0.25) is 14.2 Å². The van der Waals surface area contributed by atoms with Gasteiger partial charge in [-0.15, -0.1) is 22.7 Å². The minimum atomic E-state index is -1.05. The number of thiophene rings is 2. The van der Waals surface area contributed by atoms with Crippen molar-refractivity contribution in [3.63, 3.8) is 0 Å². The Morgan fingerprint density at radius 3 is 2.82 bits per heavy atom. The Labute approximate surface area is 197 Å². The van der Waals surface area contributed by atoms with Gasteiger partial charge in [-0.2, -0.15) is 0 Å². The van der Waals surface area contributed by atoms with Crippen LogP contribution in [0.15, 0.2) is 64.0 Å². The highest BCUT2D eigenvalue weighted by atomic mass is 32.2. The summed E-state index contributed by atoms with van der Waals surface area (Å²) in [5, 5.41) is 5.64. The minimum Gasteiger partial charge on any atom is -0.325 e. The molecule has 0 saturated carbocycles. The summed E-state index contributed by atoms with van der Waals surface area (Å²) in [5.74, 6) is -2.54. The van der Waals surface area contributed by atoms with E-state index in [0.717, 1.165) is 39.0 Å². The van der Waals surface area contributed by atoms with Gasteiger partial charge in [-0.05, 0) is 35.7 Å². The Hall–Kier alpha value is -3.15. The first-order valence-electron chi connectivity index (χ1n) is 9.68. The molecule has 6 nitrogen and oxygen atoms in total. The zero-order chi connectivity index (χ0) is 22.9. The van der Waals surface area contributed by atoms with Crippen molar-refractivity contribution in [1.82, 2.24) is 14.5 Å². The van der Waals surface area contributed by atoms with E-state index >= 15 is 0 Å². The van der Waals surface area contributed by atoms with Crippen LogP contribution in [-0.4, -0.2) is 26.2 Å². The third-order valence-electron chi connectivity index (χ3n) is 4.75. The number of carbonyl (C=O) groups excluding carboxylic acids is 1. The number of carbonyl (C=O) groups is 1. The maximum Gasteiger partial charge on any atom is 0.272 e. The fourth-order valence-corrected chi connectivity index (χ4v) is 5.77. The number of nitrogens with zero attached hydrogens (tertiary/aromatic N) is 3. The molecule has 11 heteroatoms. The van der Waals surface area contributed by atoms with Crippen molar-refractivity contribution in [2.75, 3.05) is 11.1 Å². The topological polar surface area (TPSA) is 76.9 Å².